The molecule has 2 N–H and O–H groups in total. The molecule has 4 heterocycles. The smallest absolute Gasteiger partial charge is 0.286 e. The summed E-state index contributed by atoms with van der Waals surface area (Å²) in [6, 6.07) is 12.1. The lowest BCUT2D eigenvalue weighted by Gasteiger charge is -2.49. The van der Waals surface area contributed by atoms with E-state index in [0.717, 1.165) is 57.4 Å². The van der Waals surface area contributed by atoms with Crippen LogP contribution < -0.4 is 19.1 Å². The molecule has 5 aliphatic rings. The minimum Gasteiger partial charge on any atom is -0.490 e. The highest BCUT2D eigenvalue weighted by molar-refractivity contribution is 7.92. The summed E-state index contributed by atoms with van der Waals surface area (Å²) >= 11 is 0. The van der Waals surface area contributed by atoms with E-state index in [1.54, 1.807) is 13.1 Å². The molecule has 2 aliphatic carbocycles. The van der Waals surface area contributed by atoms with E-state index in [9.17, 15) is 18.9 Å². The number of carbonyl (C=O) groups excluding carboxylic acids is 2. The molecule has 1 saturated carbocycles. The molecule has 2 fully saturated rings. The van der Waals surface area contributed by atoms with E-state index in [4.69, 9.17) is 14.2 Å². The van der Waals surface area contributed by atoms with E-state index in [1.165, 1.54) is 34.7 Å². The van der Waals surface area contributed by atoms with E-state index in [-0.39, 0.29) is 45.9 Å². The van der Waals surface area contributed by atoms with E-state index >= 15 is 0 Å². The number of morpholine rings is 1. The van der Waals surface area contributed by atoms with Crippen LogP contribution in [0.1, 0.15) is 82.9 Å². The highest BCUT2D eigenvalue weighted by atomic mass is 32.2. The number of methoxy groups -OCH3 is 1. The molecule has 13 nitrogen and oxygen atoms in total. The van der Waals surface area contributed by atoms with Crippen LogP contribution in [-0.4, -0.2) is 107 Å². The summed E-state index contributed by atoms with van der Waals surface area (Å²) in [5.41, 5.74) is 3.72. The lowest BCUT2D eigenvalue weighted by atomic mass is 9.63. The summed E-state index contributed by atoms with van der Waals surface area (Å²) < 4.78 is 40.9. The Morgan fingerprint density at radius 1 is 1.16 bits per heavy atom. The second kappa shape index (κ2) is 16.4. The fraction of sp³-hybridized carbons (Fsp3) is 0.568. The number of fused-ring (bicyclic) bond motifs is 4. The van der Waals surface area contributed by atoms with E-state index in [1.807, 2.05) is 31.2 Å². The number of rotatable bonds is 6. The lowest BCUT2D eigenvalue weighted by molar-refractivity contribution is -0.0599. The Hall–Kier alpha value is -4.24. The molecule has 3 aromatic rings. The van der Waals surface area contributed by atoms with Crippen molar-refractivity contribution in [2.24, 2.45) is 29.2 Å². The van der Waals surface area contributed by atoms with Gasteiger partial charge in [-0.1, -0.05) is 42.8 Å². The van der Waals surface area contributed by atoms with Gasteiger partial charge in [0.15, 0.2) is 0 Å². The number of hydrogen-bond donors (Lipinski definition) is 2. The maximum absolute atomic E-state index is 14.8. The van der Waals surface area contributed by atoms with Crippen molar-refractivity contribution in [2.45, 2.75) is 69.8 Å². The van der Waals surface area contributed by atoms with Crippen LogP contribution in [0.2, 0.25) is 0 Å². The third-order valence-electron chi connectivity index (χ3n) is 13.1. The predicted octanol–water partition coefficient (Wildman–Crippen LogP) is 5.24. The lowest BCUT2D eigenvalue weighted by Crippen LogP contribution is -2.53. The minimum absolute atomic E-state index is 0.0238. The first-order valence-corrected chi connectivity index (χ1v) is 22.6. The van der Waals surface area contributed by atoms with Gasteiger partial charge in [0.05, 0.1) is 44.0 Å². The van der Waals surface area contributed by atoms with E-state index in [0.29, 0.717) is 51.5 Å². The number of allylic oxidation sites excluding steroid dienone is 1. The number of ether oxygens (including phenoxy) is 3. The number of aryl methyl sites for hydroxylation is 3. The highest BCUT2D eigenvalue weighted by Crippen LogP contribution is 2.49. The third kappa shape index (κ3) is 8.30. The third-order valence-corrected chi connectivity index (χ3v) is 15.1. The van der Waals surface area contributed by atoms with Crippen molar-refractivity contribution in [3.8, 4) is 11.6 Å². The molecule has 8 rings (SSSR count). The monoisotopic (exact) mass is 814 g/mol. The van der Waals surface area contributed by atoms with Crippen LogP contribution in [0.5, 0.6) is 11.6 Å². The first-order valence-electron chi connectivity index (χ1n) is 20.9. The summed E-state index contributed by atoms with van der Waals surface area (Å²) in [6.45, 7) is 9.75. The summed E-state index contributed by atoms with van der Waals surface area (Å²) in [5.74, 6) is -0.755. The Bertz CT molecular complexity index is 2190. The maximum atomic E-state index is 14.8. The number of amides is 2. The molecule has 2 bridgehead atoms. The second-order valence-electron chi connectivity index (χ2n) is 17.4. The topological polar surface area (TPSA) is 148 Å². The van der Waals surface area contributed by atoms with E-state index in [2.05, 4.69) is 49.1 Å². The fourth-order valence-electron chi connectivity index (χ4n) is 9.91. The van der Waals surface area contributed by atoms with Crippen LogP contribution in [0.3, 0.4) is 0 Å². The largest absolute Gasteiger partial charge is 0.490 e. The number of benzene rings is 2. The number of aliphatic hydroxyl groups is 1. The van der Waals surface area contributed by atoms with Gasteiger partial charge in [-0.05, 0) is 98.9 Å². The first kappa shape index (κ1) is 40.5. The average molecular weight is 815 g/mol. The molecule has 1 aromatic heterocycles. The zero-order valence-electron chi connectivity index (χ0n) is 34.3. The van der Waals surface area contributed by atoms with Crippen LogP contribution in [0.15, 0.2) is 59.1 Å². The molecule has 0 radical (unpaired) electrons. The van der Waals surface area contributed by atoms with Gasteiger partial charge in [-0.2, -0.15) is 0 Å². The van der Waals surface area contributed by atoms with Gasteiger partial charge in [-0.15, -0.1) is 9.46 Å². The van der Waals surface area contributed by atoms with Gasteiger partial charge in [0.25, 0.3) is 11.8 Å². The van der Waals surface area contributed by atoms with Crippen molar-refractivity contribution in [1.82, 2.24) is 19.4 Å². The molecule has 1 saturated heterocycles. The molecular weight excluding hydrogens is 757 g/mol. The number of nitrogens with one attached hydrogen (secondary N) is 1. The van der Waals surface area contributed by atoms with Crippen LogP contribution >= 0.6 is 0 Å². The van der Waals surface area contributed by atoms with Crippen molar-refractivity contribution in [1.29, 1.82) is 0 Å². The average Bonchev–Trinajstić information content (AvgIpc) is 3.50. The number of hydrogen-bond acceptors (Lipinski definition) is 10. The standard InChI is InChI=1S/C44H58N6O7S/c1-30-9-12-36-32(23-30)8-6-15-43(36)28-50-25-34-10-13-37(34)44(53,17-18-49-19-21-56-22-20-49)16-5-7-31(2)27-58(54,47-41(52)35-26-48(3)45-42(35)55-4)46-40(51)33-11-14-39(57-29-43)38(50)24-33/h5,9,11-12,14,16,23-24,26,31,34,37,53H,6-8,10,13,15,17-22,25,27-29H2,1-4H3,(H,46,47,51,52,54)/b16-5+/t31-,34-,37+,43-,44-,58?/m0/s1. The Balaban J connectivity index is 1.20. The van der Waals surface area contributed by atoms with Crippen molar-refractivity contribution in [2.75, 3.05) is 70.3 Å². The quantitative estimate of drug-likeness (QED) is 0.317. The van der Waals surface area contributed by atoms with Crippen LogP contribution in [-0.2, 0) is 33.5 Å². The zero-order chi connectivity index (χ0) is 40.7. The molecule has 2 aromatic carbocycles. The van der Waals surface area contributed by atoms with Gasteiger partial charge >= 0.3 is 0 Å². The van der Waals surface area contributed by atoms with Crippen molar-refractivity contribution in [3.05, 3.63) is 82.6 Å². The van der Waals surface area contributed by atoms with Gasteiger partial charge in [0.1, 0.15) is 21.2 Å². The number of nitrogens with zero attached hydrogens (tertiary/aromatic N) is 5. The predicted molar refractivity (Wildman–Crippen MR) is 223 cm³/mol. The van der Waals surface area contributed by atoms with Gasteiger partial charge in [0.2, 0.25) is 5.88 Å². The van der Waals surface area contributed by atoms with Gasteiger partial charge in [-0.25, -0.2) is 4.21 Å². The van der Waals surface area contributed by atoms with Gasteiger partial charge < -0.3 is 24.2 Å². The summed E-state index contributed by atoms with van der Waals surface area (Å²) in [4.78, 5) is 32.6. The molecule has 1 unspecified atom stereocenters. The van der Waals surface area contributed by atoms with Crippen LogP contribution in [0.25, 0.3) is 0 Å². The summed E-state index contributed by atoms with van der Waals surface area (Å²) in [7, 11) is -0.606. The van der Waals surface area contributed by atoms with Gasteiger partial charge in [0, 0.05) is 56.9 Å². The Morgan fingerprint density at radius 2 is 1.98 bits per heavy atom. The molecular formula is C44H58N6O7S. The second-order valence-corrected chi connectivity index (χ2v) is 19.4. The number of carbonyl (C=O) groups is 2. The summed E-state index contributed by atoms with van der Waals surface area (Å²) in [5, 5.41) is 16.9. The molecule has 1 spiro atoms. The molecule has 312 valence electrons. The Kier molecular flexibility index (Phi) is 11.5. The van der Waals surface area contributed by atoms with Crippen molar-refractivity contribution < 1.29 is 33.1 Å². The van der Waals surface area contributed by atoms with Crippen molar-refractivity contribution >= 4 is 27.4 Å². The van der Waals surface area contributed by atoms with Crippen molar-refractivity contribution in [3.63, 3.8) is 0 Å². The molecule has 6 atom stereocenters. The first-order chi connectivity index (χ1) is 27.9. The Labute approximate surface area is 342 Å². The highest BCUT2D eigenvalue weighted by Gasteiger charge is 2.48. The number of aromatic nitrogens is 2. The Morgan fingerprint density at radius 3 is 2.76 bits per heavy atom. The minimum atomic E-state index is -3.67. The molecule has 2 amide bonds. The molecule has 58 heavy (non-hydrogen) atoms. The molecule has 14 heteroatoms. The van der Waals surface area contributed by atoms with Crippen LogP contribution in [0, 0.1) is 24.7 Å². The zero-order valence-corrected chi connectivity index (χ0v) is 35.1. The van der Waals surface area contributed by atoms with Gasteiger partial charge in [-0.3, -0.25) is 23.9 Å². The van der Waals surface area contributed by atoms with E-state index < -0.39 is 27.3 Å². The molecule has 3 aliphatic heterocycles. The maximum Gasteiger partial charge on any atom is 0.286 e. The normalized spacial score (nSPS) is 30.8. The SMILES string of the molecule is COc1nn(C)cc1C(=O)NS1(=O)=NC(=O)c2ccc3c(c2)N(C[C@@H]2CC[C@H]2[C@@](O)(CCN2CCOCC2)/C=C/C[C@H](C)C1)C[C@@]1(CCCc2cc(C)ccc21)CO3. The van der Waals surface area contributed by atoms with Crippen LogP contribution in [0.4, 0.5) is 5.69 Å². The summed E-state index contributed by atoms with van der Waals surface area (Å²) in [6.07, 6.45) is 11.4. The number of anilines is 1. The fourth-order valence-corrected chi connectivity index (χ4v) is 11.8.